The number of hydrogen-bond donors (Lipinski definition) is 1. The highest BCUT2D eigenvalue weighted by molar-refractivity contribution is 5.21. The van der Waals surface area contributed by atoms with Crippen LogP contribution in [0.25, 0.3) is 0 Å². The lowest BCUT2D eigenvalue weighted by Gasteiger charge is -2.43. The molecule has 1 aliphatic rings. The topological polar surface area (TPSA) is 24.5 Å². The Kier molecular flexibility index (Phi) is 5.13. The molecule has 20 heavy (non-hydrogen) atoms. The van der Waals surface area contributed by atoms with Crippen molar-refractivity contribution in [2.45, 2.75) is 32.4 Å². The quantitative estimate of drug-likeness (QED) is 0.897. The standard InChI is InChI=1S/C16H25FN2O/c1-4-18-15(13-7-5-6-8-14(13)17)11-19-9-10-20-12-16(19,2)3/h5-8,15,18H,4,9-12H2,1-3H3. The molecule has 0 bridgehead atoms. The van der Waals surface area contributed by atoms with Crippen molar-refractivity contribution in [1.29, 1.82) is 0 Å². The second-order valence-corrected chi connectivity index (χ2v) is 5.94. The van der Waals surface area contributed by atoms with Gasteiger partial charge in [0.05, 0.1) is 13.2 Å². The Bertz CT molecular complexity index is 436. The van der Waals surface area contributed by atoms with Crippen LogP contribution in [0, 0.1) is 5.82 Å². The zero-order valence-electron chi connectivity index (χ0n) is 12.7. The van der Waals surface area contributed by atoms with Crippen LogP contribution < -0.4 is 5.32 Å². The zero-order chi connectivity index (χ0) is 14.6. The third-order valence-corrected chi connectivity index (χ3v) is 3.95. The maximum atomic E-state index is 14.0. The summed E-state index contributed by atoms with van der Waals surface area (Å²) in [5.74, 6) is -0.135. The summed E-state index contributed by atoms with van der Waals surface area (Å²) < 4.78 is 19.6. The van der Waals surface area contributed by atoms with Gasteiger partial charge in [0.15, 0.2) is 0 Å². The number of morpholine rings is 1. The molecule has 0 spiro atoms. The molecule has 1 atom stereocenters. The molecule has 1 saturated heterocycles. The number of ether oxygens (including phenoxy) is 1. The molecule has 1 aliphatic heterocycles. The summed E-state index contributed by atoms with van der Waals surface area (Å²) in [5, 5.41) is 3.40. The van der Waals surface area contributed by atoms with Gasteiger partial charge < -0.3 is 10.1 Å². The van der Waals surface area contributed by atoms with Gasteiger partial charge in [0.2, 0.25) is 0 Å². The third-order valence-electron chi connectivity index (χ3n) is 3.95. The molecule has 1 fully saturated rings. The van der Waals surface area contributed by atoms with Crippen LogP contribution in [0.1, 0.15) is 32.4 Å². The van der Waals surface area contributed by atoms with Gasteiger partial charge in [-0.1, -0.05) is 25.1 Å². The number of benzene rings is 1. The van der Waals surface area contributed by atoms with Gasteiger partial charge in [0.1, 0.15) is 5.82 Å². The van der Waals surface area contributed by atoms with Crippen LogP contribution in [0.5, 0.6) is 0 Å². The van der Waals surface area contributed by atoms with E-state index in [-0.39, 0.29) is 17.4 Å². The van der Waals surface area contributed by atoms with Crippen LogP contribution >= 0.6 is 0 Å². The predicted molar refractivity (Wildman–Crippen MR) is 79.3 cm³/mol. The molecule has 1 N–H and O–H groups in total. The molecule has 1 heterocycles. The first-order valence-electron chi connectivity index (χ1n) is 7.35. The van der Waals surface area contributed by atoms with Crippen molar-refractivity contribution >= 4 is 0 Å². The Labute approximate surface area is 121 Å². The molecule has 1 aromatic rings. The summed E-state index contributed by atoms with van der Waals surface area (Å²) in [7, 11) is 0. The van der Waals surface area contributed by atoms with Crippen LogP contribution in [-0.4, -0.2) is 43.3 Å². The van der Waals surface area contributed by atoms with Crippen molar-refractivity contribution in [3.63, 3.8) is 0 Å². The largest absolute Gasteiger partial charge is 0.378 e. The summed E-state index contributed by atoms with van der Waals surface area (Å²) in [6.07, 6.45) is 0. The second kappa shape index (κ2) is 6.66. The van der Waals surface area contributed by atoms with E-state index in [0.717, 1.165) is 38.4 Å². The van der Waals surface area contributed by atoms with E-state index in [4.69, 9.17) is 4.74 Å². The molecule has 112 valence electrons. The Morgan fingerprint density at radius 1 is 1.40 bits per heavy atom. The lowest BCUT2D eigenvalue weighted by atomic mass is 9.99. The van der Waals surface area contributed by atoms with Gasteiger partial charge in [-0.2, -0.15) is 0 Å². The van der Waals surface area contributed by atoms with Crippen molar-refractivity contribution in [2.24, 2.45) is 0 Å². The van der Waals surface area contributed by atoms with Crippen molar-refractivity contribution in [3.05, 3.63) is 35.6 Å². The Morgan fingerprint density at radius 2 is 2.15 bits per heavy atom. The van der Waals surface area contributed by atoms with E-state index in [1.165, 1.54) is 6.07 Å². The highest BCUT2D eigenvalue weighted by atomic mass is 19.1. The first kappa shape index (κ1) is 15.4. The van der Waals surface area contributed by atoms with Crippen LogP contribution in [-0.2, 0) is 4.74 Å². The Hall–Kier alpha value is -0.970. The maximum Gasteiger partial charge on any atom is 0.128 e. The number of hydrogen-bond acceptors (Lipinski definition) is 3. The Morgan fingerprint density at radius 3 is 2.80 bits per heavy atom. The van der Waals surface area contributed by atoms with Crippen molar-refractivity contribution < 1.29 is 9.13 Å². The van der Waals surface area contributed by atoms with Crippen molar-refractivity contribution in [2.75, 3.05) is 32.8 Å². The number of nitrogens with one attached hydrogen (secondary N) is 1. The number of halogens is 1. The fraction of sp³-hybridized carbons (Fsp3) is 0.625. The molecular weight excluding hydrogens is 255 g/mol. The maximum absolute atomic E-state index is 14.0. The lowest BCUT2D eigenvalue weighted by molar-refractivity contribution is -0.0546. The predicted octanol–water partition coefficient (Wildman–Crippen LogP) is 2.59. The second-order valence-electron chi connectivity index (χ2n) is 5.94. The number of rotatable bonds is 5. The monoisotopic (exact) mass is 280 g/mol. The molecule has 1 aromatic carbocycles. The zero-order valence-corrected chi connectivity index (χ0v) is 12.7. The molecule has 0 radical (unpaired) electrons. The molecule has 0 amide bonds. The van der Waals surface area contributed by atoms with E-state index in [0.29, 0.717) is 0 Å². The fourth-order valence-electron chi connectivity index (χ4n) is 2.73. The van der Waals surface area contributed by atoms with Crippen molar-refractivity contribution in [1.82, 2.24) is 10.2 Å². The van der Waals surface area contributed by atoms with E-state index >= 15 is 0 Å². The third kappa shape index (κ3) is 3.57. The molecule has 0 saturated carbocycles. The van der Waals surface area contributed by atoms with Gasteiger partial charge in [-0.05, 0) is 26.5 Å². The highest BCUT2D eigenvalue weighted by Gasteiger charge is 2.32. The summed E-state index contributed by atoms with van der Waals surface area (Å²) in [5.41, 5.74) is 0.744. The summed E-state index contributed by atoms with van der Waals surface area (Å²) in [6, 6.07) is 7.05. The van der Waals surface area contributed by atoms with Crippen LogP contribution in [0.2, 0.25) is 0 Å². The molecule has 0 aromatic heterocycles. The van der Waals surface area contributed by atoms with Gasteiger partial charge in [-0.3, -0.25) is 4.90 Å². The van der Waals surface area contributed by atoms with Crippen LogP contribution in [0.4, 0.5) is 4.39 Å². The SMILES string of the molecule is CCNC(CN1CCOCC1(C)C)c1ccccc1F. The van der Waals surface area contributed by atoms with E-state index in [9.17, 15) is 4.39 Å². The van der Waals surface area contributed by atoms with Gasteiger partial charge in [0, 0.05) is 30.2 Å². The fourth-order valence-corrected chi connectivity index (χ4v) is 2.73. The molecular formula is C16H25FN2O. The summed E-state index contributed by atoms with van der Waals surface area (Å²) >= 11 is 0. The molecule has 2 rings (SSSR count). The van der Waals surface area contributed by atoms with Crippen LogP contribution in [0.15, 0.2) is 24.3 Å². The minimum absolute atomic E-state index is 0.00280. The van der Waals surface area contributed by atoms with E-state index in [1.807, 2.05) is 12.1 Å². The average molecular weight is 280 g/mol. The van der Waals surface area contributed by atoms with E-state index in [1.54, 1.807) is 6.07 Å². The van der Waals surface area contributed by atoms with E-state index < -0.39 is 0 Å². The normalized spacial score (nSPS) is 20.8. The number of nitrogens with zero attached hydrogens (tertiary/aromatic N) is 1. The van der Waals surface area contributed by atoms with Gasteiger partial charge in [-0.15, -0.1) is 0 Å². The van der Waals surface area contributed by atoms with Crippen LogP contribution in [0.3, 0.4) is 0 Å². The smallest absolute Gasteiger partial charge is 0.128 e. The number of likely N-dealkylation sites (N-methyl/N-ethyl adjacent to an activating group) is 1. The van der Waals surface area contributed by atoms with E-state index in [2.05, 4.69) is 31.0 Å². The first-order chi connectivity index (χ1) is 9.54. The average Bonchev–Trinajstić information content (AvgIpc) is 2.41. The Balaban J connectivity index is 2.15. The summed E-state index contributed by atoms with van der Waals surface area (Å²) in [4.78, 5) is 2.39. The highest BCUT2D eigenvalue weighted by Crippen LogP contribution is 2.24. The molecule has 3 nitrogen and oxygen atoms in total. The molecule has 0 aliphatic carbocycles. The molecule has 1 unspecified atom stereocenters. The minimum atomic E-state index is -0.135. The summed E-state index contributed by atoms with van der Waals surface area (Å²) in [6.45, 7) is 10.4. The minimum Gasteiger partial charge on any atom is -0.378 e. The van der Waals surface area contributed by atoms with Gasteiger partial charge in [0.25, 0.3) is 0 Å². The lowest BCUT2D eigenvalue weighted by Crippen LogP contribution is -2.55. The molecule has 4 heteroatoms. The van der Waals surface area contributed by atoms with Crippen molar-refractivity contribution in [3.8, 4) is 0 Å². The first-order valence-corrected chi connectivity index (χ1v) is 7.35. The van der Waals surface area contributed by atoms with Gasteiger partial charge in [-0.25, -0.2) is 4.39 Å². The van der Waals surface area contributed by atoms with Gasteiger partial charge >= 0.3 is 0 Å².